The van der Waals surface area contributed by atoms with Crippen molar-refractivity contribution in [2.75, 3.05) is 26.0 Å². The van der Waals surface area contributed by atoms with Gasteiger partial charge >= 0.3 is 0 Å². The normalized spacial score (nSPS) is 13.2. The quantitative estimate of drug-likeness (QED) is 0.827. The first kappa shape index (κ1) is 13.0. The molecule has 16 heavy (non-hydrogen) atoms. The molecule has 0 fully saturated rings. The van der Waals surface area contributed by atoms with E-state index in [4.69, 9.17) is 0 Å². The van der Waals surface area contributed by atoms with Gasteiger partial charge in [-0.15, -0.1) is 0 Å². The number of rotatable bonds is 5. The number of anilines is 1. The minimum absolute atomic E-state index is 0.435. The van der Waals surface area contributed by atoms with Gasteiger partial charge in [0.05, 0.1) is 0 Å². The van der Waals surface area contributed by atoms with Crippen molar-refractivity contribution < 1.29 is 0 Å². The summed E-state index contributed by atoms with van der Waals surface area (Å²) in [4.78, 5) is 6.58. The Kier molecular flexibility index (Phi) is 4.74. The van der Waals surface area contributed by atoms with E-state index >= 15 is 0 Å². The smallest absolute Gasteiger partial charge is 0.126 e. The van der Waals surface area contributed by atoms with Crippen LogP contribution in [0.2, 0.25) is 0 Å². The summed E-state index contributed by atoms with van der Waals surface area (Å²) >= 11 is 0. The molecule has 1 aromatic rings. The molecule has 0 spiro atoms. The van der Waals surface area contributed by atoms with Crippen molar-refractivity contribution in [1.29, 1.82) is 0 Å². The van der Waals surface area contributed by atoms with Crippen LogP contribution in [-0.2, 0) is 0 Å². The standard InChI is InChI=1S/C13H23N3/c1-10(2)12(9-16(4)5)15-13-7-6-11(3)8-14-13/h6-8,10,12H,9H2,1-5H3,(H,14,15). The molecule has 1 aromatic heterocycles. The second-order valence-corrected chi connectivity index (χ2v) is 4.98. The van der Waals surface area contributed by atoms with Gasteiger partial charge in [0.25, 0.3) is 0 Å². The van der Waals surface area contributed by atoms with E-state index in [2.05, 4.69) is 56.1 Å². The lowest BCUT2D eigenvalue weighted by Crippen LogP contribution is -2.36. The van der Waals surface area contributed by atoms with Gasteiger partial charge in [0.1, 0.15) is 5.82 Å². The van der Waals surface area contributed by atoms with Crippen LogP contribution in [0.15, 0.2) is 18.3 Å². The predicted octanol–water partition coefficient (Wildman–Crippen LogP) is 2.39. The molecule has 0 radical (unpaired) electrons. The zero-order valence-electron chi connectivity index (χ0n) is 11.0. The van der Waals surface area contributed by atoms with Gasteiger partial charge in [0, 0.05) is 18.8 Å². The van der Waals surface area contributed by atoms with Crippen LogP contribution >= 0.6 is 0 Å². The van der Waals surface area contributed by atoms with E-state index in [1.54, 1.807) is 0 Å². The predicted molar refractivity (Wildman–Crippen MR) is 69.8 cm³/mol. The van der Waals surface area contributed by atoms with E-state index in [1.165, 1.54) is 5.56 Å². The van der Waals surface area contributed by atoms with Crippen molar-refractivity contribution >= 4 is 5.82 Å². The number of aromatic nitrogens is 1. The van der Waals surface area contributed by atoms with Crippen LogP contribution in [0.4, 0.5) is 5.82 Å². The van der Waals surface area contributed by atoms with Gasteiger partial charge in [-0.1, -0.05) is 19.9 Å². The minimum Gasteiger partial charge on any atom is -0.366 e. The number of hydrogen-bond acceptors (Lipinski definition) is 3. The highest BCUT2D eigenvalue weighted by molar-refractivity contribution is 5.36. The number of nitrogens with one attached hydrogen (secondary N) is 1. The van der Waals surface area contributed by atoms with Crippen LogP contribution < -0.4 is 5.32 Å². The van der Waals surface area contributed by atoms with E-state index in [1.807, 2.05) is 12.3 Å². The number of nitrogens with zero attached hydrogens (tertiary/aromatic N) is 2. The molecule has 3 nitrogen and oxygen atoms in total. The lowest BCUT2D eigenvalue weighted by atomic mass is 10.0. The van der Waals surface area contributed by atoms with Crippen molar-refractivity contribution in [3.05, 3.63) is 23.9 Å². The third kappa shape index (κ3) is 4.19. The van der Waals surface area contributed by atoms with Gasteiger partial charge in [-0.25, -0.2) is 4.98 Å². The maximum atomic E-state index is 4.38. The molecule has 1 rings (SSSR count). The molecule has 0 aliphatic rings. The number of pyridine rings is 1. The molecule has 3 heteroatoms. The highest BCUT2D eigenvalue weighted by atomic mass is 15.1. The van der Waals surface area contributed by atoms with Gasteiger partial charge < -0.3 is 10.2 Å². The van der Waals surface area contributed by atoms with Gasteiger partial charge in [0.2, 0.25) is 0 Å². The topological polar surface area (TPSA) is 28.2 Å². The second-order valence-electron chi connectivity index (χ2n) is 4.98. The van der Waals surface area contributed by atoms with Crippen molar-refractivity contribution in [1.82, 2.24) is 9.88 Å². The zero-order valence-corrected chi connectivity index (χ0v) is 11.0. The Bertz CT molecular complexity index is 303. The van der Waals surface area contributed by atoms with Gasteiger partial charge in [-0.2, -0.15) is 0 Å². The van der Waals surface area contributed by atoms with Crippen LogP contribution in [0, 0.1) is 12.8 Å². The Morgan fingerprint density at radius 3 is 2.44 bits per heavy atom. The Hall–Kier alpha value is -1.09. The summed E-state index contributed by atoms with van der Waals surface area (Å²) in [5.41, 5.74) is 1.19. The maximum Gasteiger partial charge on any atom is 0.126 e. The van der Waals surface area contributed by atoms with E-state index in [0.717, 1.165) is 12.4 Å². The van der Waals surface area contributed by atoms with E-state index in [0.29, 0.717) is 12.0 Å². The summed E-state index contributed by atoms with van der Waals surface area (Å²) in [6, 6.07) is 4.56. The molecular weight excluding hydrogens is 198 g/mol. The molecule has 0 aliphatic carbocycles. The number of aryl methyl sites for hydroxylation is 1. The molecule has 0 bridgehead atoms. The average molecular weight is 221 g/mol. The fourth-order valence-corrected chi connectivity index (χ4v) is 1.56. The Balaban J connectivity index is 2.64. The van der Waals surface area contributed by atoms with Crippen molar-refractivity contribution in [3.8, 4) is 0 Å². The molecule has 1 heterocycles. The van der Waals surface area contributed by atoms with E-state index in [-0.39, 0.29) is 0 Å². The summed E-state index contributed by atoms with van der Waals surface area (Å²) in [5.74, 6) is 1.55. The molecule has 1 atom stereocenters. The third-order valence-electron chi connectivity index (χ3n) is 2.61. The van der Waals surface area contributed by atoms with Gasteiger partial charge in [0.15, 0.2) is 0 Å². The molecule has 1 N–H and O–H groups in total. The van der Waals surface area contributed by atoms with E-state index in [9.17, 15) is 0 Å². The SMILES string of the molecule is Cc1ccc(NC(CN(C)C)C(C)C)nc1. The maximum absolute atomic E-state index is 4.38. The summed E-state index contributed by atoms with van der Waals surface area (Å²) in [6.07, 6.45) is 1.90. The molecule has 90 valence electrons. The molecular formula is C13H23N3. The van der Waals surface area contributed by atoms with Crippen molar-refractivity contribution in [2.45, 2.75) is 26.8 Å². The second kappa shape index (κ2) is 5.85. The Morgan fingerprint density at radius 1 is 1.31 bits per heavy atom. The highest BCUT2D eigenvalue weighted by Gasteiger charge is 2.14. The lowest BCUT2D eigenvalue weighted by Gasteiger charge is -2.26. The van der Waals surface area contributed by atoms with Gasteiger partial charge in [-0.05, 0) is 38.6 Å². The van der Waals surface area contributed by atoms with Gasteiger partial charge in [-0.3, -0.25) is 0 Å². The number of hydrogen-bond donors (Lipinski definition) is 1. The lowest BCUT2D eigenvalue weighted by molar-refractivity contribution is 0.344. The van der Waals surface area contributed by atoms with E-state index < -0.39 is 0 Å². The summed E-state index contributed by atoms with van der Waals surface area (Å²) in [5, 5.41) is 3.48. The monoisotopic (exact) mass is 221 g/mol. The average Bonchev–Trinajstić information content (AvgIpc) is 2.19. The van der Waals surface area contributed by atoms with Crippen molar-refractivity contribution in [2.24, 2.45) is 5.92 Å². The molecule has 1 unspecified atom stereocenters. The molecule has 0 amide bonds. The zero-order chi connectivity index (χ0) is 12.1. The van der Waals surface area contributed by atoms with Crippen LogP contribution in [0.1, 0.15) is 19.4 Å². The molecule has 0 saturated carbocycles. The van der Waals surface area contributed by atoms with Crippen LogP contribution in [0.3, 0.4) is 0 Å². The van der Waals surface area contributed by atoms with Crippen molar-refractivity contribution in [3.63, 3.8) is 0 Å². The van der Waals surface area contributed by atoms with Crippen LogP contribution in [0.5, 0.6) is 0 Å². The van der Waals surface area contributed by atoms with Crippen LogP contribution in [0.25, 0.3) is 0 Å². The molecule has 0 saturated heterocycles. The molecule has 0 aliphatic heterocycles. The summed E-state index contributed by atoms with van der Waals surface area (Å²) in [6.45, 7) is 7.54. The minimum atomic E-state index is 0.435. The first-order valence-corrected chi connectivity index (χ1v) is 5.83. The number of likely N-dealkylation sites (N-methyl/N-ethyl adjacent to an activating group) is 1. The third-order valence-corrected chi connectivity index (χ3v) is 2.61. The Morgan fingerprint density at radius 2 is 2.00 bits per heavy atom. The highest BCUT2D eigenvalue weighted by Crippen LogP contribution is 2.11. The first-order valence-electron chi connectivity index (χ1n) is 5.83. The van der Waals surface area contributed by atoms with Crippen LogP contribution in [-0.4, -0.2) is 36.6 Å². The molecule has 0 aromatic carbocycles. The first-order chi connectivity index (χ1) is 7.49. The fraction of sp³-hybridized carbons (Fsp3) is 0.615. The summed E-state index contributed by atoms with van der Waals surface area (Å²) in [7, 11) is 4.19. The largest absolute Gasteiger partial charge is 0.366 e. The summed E-state index contributed by atoms with van der Waals surface area (Å²) < 4.78 is 0. The fourth-order valence-electron chi connectivity index (χ4n) is 1.56. The Labute approximate surface area is 98.9 Å².